The van der Waals surface area contributed by atoms with Gasteiger partial charge in [0.25, 0.3) is 0 Å². The van der Waals surface area contributed by atoms with E-state index >= 15 is 0 Å². The number of hydrogen-bond donors (Lipinski definition) is 9. The monoisotopic (exact) mass is 580 g/mol. The van der Waals surface area contributed by atoms with Gasteiger partial charge in [-0.25, -0.2) is 9.59 Å². The lowest BCUT2D eigenvalue weighted by atomic mass is 9.90. The lowest BCUT2D eigenvalue weighted by Gasteiger charge is -2.34. The fourth-order valence-corrected chi connectivity index (χ4v) is 4.72. The Kier molecular flexibility index (Phi) is 6.45. The van der Waals surface area contributed by atoms with E-state index in [9.17, 15) is 60.3 Å². The topological polar surface area (TPSA) is 252 Å². The van der Waals surface area contributed by atoms with E-state index in [0.717, 1.165) is 36.4 Å². The molecule has 9 N–H and O–H groups in total. The molecule has 4 aromatic carbocycles. The van der Waals surface area contributed by atoms with Gasteiger partial charge in [0.2, 0.25) is 5.43 Å². The van der Waals surface area contributed by atoms with E-state index in [1.54, 1.807) is 0 Å². The minimum absolute atomic E-state index is 0.0597. The number of carboxylic acids is 1. The first-order chi connectivity index (χ1) is 19.8. The molecule has 2 atom stereocenters. The average Bonchev–Trinajstić information content (AvgIpc) is 3.05. The molecule has 0 unspecified atom stereocenters. The second-order valence-electron chi connectivity index (χ2n) is 9.38. The number of aromatic hydroxyl groups is 8. The van der Waals surface area contributed by atoms with Crippen LogP contribution in [0, 0.1) is 0 Å². The Balaban J connectivity index is 1.75. The quantitative estimate of drug-likeness (QED) is 0.124. The Bertz CT molecular complexity index is 1860. The van der Waals surface area contributed by atoms with E-state index in [2.05, 4.69) is 0 Å². The van der Waals surface area contributed by atoms with Gasteiger partial charge in [0.15, 0.2) is 40.6 Å². The maximum Gasteiger partial charge on any atom is 0.338 e. The number of benzene rings is 3. The summed E-state index contributed by atoms with van der Waals surface area (Å²) in [6, 6.07) is 6.17. The molecule has 0 aromatic heterocycles. The van der Waals surface area contributed by atoms with E-state index in [4.69, 9.17) is 9.47 Å². The molecule has 1 aliphatic rings. The molecular formula is C28H20O14. The number of esters is 1. The largest absolute Gasteiger partial charge is 0.508 e. The molecule has 4 aromatic rings. The van der Waals surface area contributed by atoms with Gasteiger partial charge in [0.1, 0.15) is 23.4 Å². The molecule has 0 fully saturated rings. The molecule has 0 radical (unpaired) electrons. The van der Waals surface area contributed by atoms with Crippen LogP contribution in [0.15, 0.2) is 47.3 Å². The number of hydrogen-bond acceptors (Lipinski definition) is 13. The summed E-state index contributed by atoms with van der Waals surface area (Å²) in [7, 11) is 0. The van der Waals surface area contributed by atoms with Crippen molar-refractivity contribution in [2.24, 2.45) is 0 Å². The van der Waals surface area contributed by atoms with Gasteiger partial charge in [-0.2, -0.15) is 0 Å². The molecule has 14 nitrogen and oxygen atoms in total. The van der Waals surface area contributed by atoms with Crippen molar-refractivity contribution in [3.05, 3.63) is 74.9 Å². The highest BCUT2D eigenvalue weighted by atomic mass is 16.6. The SMILES string of the molecule is O=C(O)c1cc(O)c(=O)c2c(O)c(O)cc([C@H]3Oc4cc(O)cc(O)c4C[C@H]3OC(=O)c3cc(O)c(O)c(O)c3)c2c1. The first-order valence-electron chi connectivity index (χ1n) is 11.9. The van der Waals surface area contributed by atoms with Crippen LogP contribution < -0.4 is 10.2 Å². The van der Waals surface area contributed by atoms with E-state index in [0.29, 0.717) is 6.07 Å². The molecule has 216 valence electrons. The van der Waals surface area contributed by atoms with Crippen LogP contribution >= 0.6 is 0 Å². The highest BCUT2D eigenvalue weighted by Gasteiger charge is 2.38. The summed E-state index contributed by atoms with van der Waals surface area (Å²) in [5, 5.41) is 89.5. The van der Waals surface area contributed by atoms with Crippen molar-refractivity contribution in [1.29, 1.82) is 0 Å². The van der Waals surface area contributed by atoms with Crippen molar-refractivity contribution in [2.75, 3.05) is 0 Å². The highest BCUT2D eigenvalue weighted by molar-refractivity contribution is 5.98. The predicted molar refractivity (Wildman–Crippen MR) is 140 cm³/mol. The summed E-state index contributed by atoms with van der Waals surface area (Å²) in [6.07, 6.45) is -3.30. The maximum absolute atomic E-state index is 13.1. The molecular weight excluding hydrogens is 560 g/mol. The van der Waals surface area contributed by atoms with Crippen LogP contribution in [-0.2, 0) is 11.2 Å². The van der Waals surface area contributed by atoms with Gasteiger partial charge in [-0.15, -0.1) is 0 Å². The third kappa shape index (κ3) is 4.56. The van der Waals surface area contributed by atoms with Crippen molar-refractivity contribution in [2.45, 2.75) is 18.6 Å². The molecule has 1 heterocycles. The molecule has 0 spiro atoms. The summed E-state index contributed by atoms with van der Waals surface area (Å²) < 4.78 is 11.5. The van der Waals surface area contributed by atoms with Gasteiger partial charge in [-0.05, 0) is 35.7 Å². The van der Waals surface area contributed by atoms with Gasteiger partial charge in [0, 0.05) is 29.7 Å². The van der Waals surface area contributed by atoms with Crippen LogP contribution in [0.4, 0.5) is 0 Å². The zero-order valence-corrected chi connectivity index (χ0v) is 21.0. The Morgan fingerprint density at radius 1 is 0.738 bits per heavy atom. The van der Waals surface area contributed by atoms with Gasteiger partial charge < -0.3 is 55.4 Å². The Morgan fingerprint density at radius 3 is 2.00 bits per heavy atom. The number of phenolic OH excluding ortho intramolecular Hbond substituents is 7. The van der Waals surface area contributed by atoms with E-state index in [1.807, 2.05) is 0 Å². The van der Waals surface area contributed by atoms with Crippen LogP contribution in [0.2, 0.25) is 0 Å². The fourth-order valence-electron chi connectivity index (χ4n) is 4.72. The van der Waals surface area contributed by atoms with Crippen LogP contribution in [0.25, 0.3) is 10.8 Å². The lowest BCUT2D eigenvalue weighted by molar-refractivity contribution is -0.0184. The zero-order valence-electron chi connectivity index (χ0n) is 21.0. The molecule has 0 bridgehead atoms. The first-order valence-corrected chi connectivity index (χ1v) is 11.9. The summed E-state index contributed by atoms with van der Waals surface area (Å²) in [4.78, 5) is 37.9. The third-order valence-corrected chi connectivity index (χ3v) is 6.69. The third-order valence-electron chi connectivity index (χ3n) is 6.69. The Hall–Kier alpha value is -6.05. The standard InChI is InChI=1S/C28H20O14/c29-11-5-15(30)14-8-21(42-28(40)10-3-16(31)23(35)17(32)4-10)26(41-20(14)6-11)13-7-19(34)25(37)22-12(13)1-9(27(38)39)2-18(33)24(22)36/h1-7,21,26,29-32,34-35,37H,8H2,(H,33,36)(H,38,39)/t21-,26-/m1/s1. The number of carbonyl (C=O) groups is 2. The van der Waals surface area contributed by atoms with E-state index < -0.39 is 92.1 Å². The number of rotatable bonds is 4. The Labute approximate surface area is 233 Å². The lowest BCUT2D eigenvalue weighted by Crippen LogP contribution is -2.35. The minimum atomic E-state index is -1.57. The van der Waals surface area contributed by atoms with Gasteiger partial charge in [0.05, 0.1) is 16.5 Å². The first kappa shape index (κ1) is 27.5. The van der Waals surface area contributed by atoms with E-state index in [1.165, 1.54) is 0 Å². The number of carboxylic acid groups (broad SMARTS) is 1. The number of phenols is 7. The smallest absolute Gasteiger partial charge is 0.338 e. The van der Waals surface area contributed by atoms with Crippen LogP contribution in [0.1, 0.15) is 37.9 Å². The van der Waals surface area contributed by atoms with Crippen LogP contribution in [-0.4, -0.2) is 64.0 Å². The van der Waals surface area contributed by atoms with Crippen molar-refractivity contribution in [3.8, 4) is 51.7 Å². The molecule has 42 heavy (non-hydrogen) atoms. The van der Waals surface area contributed by atoms with Crippen LogP contribution in [0.5, 0.6) is 51.7 Å². The number of ether oxygens (including phenoxy) is 2. The molecule has 0 saturated heterocycles. The molecule has 0 saturated carbocycles. The fraction of sp³-hybridized carbons (Fsp3) is 0.107. The van der Waals surface area contributed by atoms with Gasteiger partial charge in [-0.1, -0.05) is 0 Å². The number of carbonyl (C=O) groups excluding carboxylic acids is 1. The van der Waals surface area contributed by atoms with Gasteiger partial charge >= 0.3 is 11.9 Å². The second kappa shape index (κ2) is 9.85. The van der Waals surface area contributed by atoms with Crippen molar-refractivity contribution < 1.29 is 65.0 Å². The van der Waals surface area contributed by atoms with Gasteiger partial charge in [-0.3, -0.25) is 4.79 Å². The highest BCUT2D eigenvalue weighted by Crippen LogP contribution is 2.47. The van der Waals surface area contributed by atoms with Crippen LogP contribution in [0.3, 0.4) is 0 Å². The normalized spacial score (nSPS) is 15.9. The number of fused-ring (bicyclic) bond motifs is 2. The summed E-state index contributed by atoms with van der Waals surface area (Å²) >= 11 is 0. The van der Waals surface area contributed by atoms with Crippen molar-refractivity contribution in [3.63, 3.8) is 0 Å². The average molecular weight is 580 g/mol. The summed E-state index contributed by atoms with van der Waals surface area (Å²) in [6.45, 7) is 0. The molecule has 14 heteroatoms. The predicted octanol–water partition coefficient (Wildman–Crippen LogP) is 2.44. The number of aromatic carboxylic acids is 1. The van der Waals surface area contributed by atoms with E-state index in [-0.39, 0.29) is 28.7 Å². The molecule has 0 amide bonds. The summed E-state index contributed by atoms with van der Waals surface area (Å²) in [5.74, 6) is -9.25. The molecule has 1 aliphatic heterocycles. The molecule has 5 rings (SSSR count). The maximum atomic E-state index is 13.1. The second-order valence-corrected chi connectivity index (χ2v) is 9.38. The zero-order chi connectivity index (χ0) is 30.6. The molecule has 0 aliphatic carbocycles. The minimum Gasteiger partial charge on any atom is -0.508 e. The van der Waals surface area contributed by atoms with Crippen molar-refractivity contribution >= 4 is 22.7 Å². The Morgan fingerprint density at radius 2 is 1.36 bits per heavy atom. The van der Waals surface area contributed by atoms with Crippen molar-refractivity contribution in [1.82, 2.24) is 0 Å². The summed E-state index contributed by atoms with van der Waals surface area (Å²) in [5.41, 5.74) is -2.42.